The molecule has 8 heteroatoms. The summed E-state index contributed by atoms with van der Waals surface area (Å²) < 4.78 is 13.1. The molecule has 3 aromatic carbocycles. The van der Waals surface area contributed by atoms with Crippen molar-refractivity contribution in [2.24, 2.45) is 0 Å². The highest BCUT2D eigenvalue weighted by molar-refractivity contribution is 5.85. The molecule has 0 saturated carbocycles. The van der Waals surface area contributed by atoms with Gasteiger partial charge in [-0.15, -0.1) is 17.5 Å². The zero-order valence-corrected chi connectivity index (χ0v) is 20.1. The van der Waals surface area contributed by atoms with Crippen LogP contribution >= 0.6 is 12.4 Å². The van der Waals surface area contributed by atoms with E-state index in [9.17, 15) is 0 Å². The Kier molecular flexibility index (Phi) is 7.45. The second-order valence-corrected chi connectivity index (χ2v) is 8.18. The average molecular weight is 478 g/mol. The fourth-order valence-electron chi connectivity index (χ4n) is 4.56. The number of hydrogen-bond acceptors (Lipinski definition) is 6. The Morgan fingerprint density at radius 1 is 0.912 bits per heavy atom. The van der Waals surface area contributed by atoms with E-state index < -0.39 is 0 Å². The van der Waals surface area contributed by atoms with Crippen LogP contribution in [0.25, 0.3) is 0 Å². The molecule has 1 aliphatic rings. The molecule has 4 aromatic rings. The Morgan fingerprint density at radius 2 is 1.68 bits per heavy atom. The monoisotopic (exact) mass is 477 g/mol. The predicted octanol–water partition coefficient (Wildman–Crippen LogP) is 4.31. The van der Waals surface area contributed by atoms with Gasteiger partial charge in [0.05, 0.1) is 20.8 Å². The van der Waals surface area contributed by atoms with E-state index in [1.54, 1.807) is 14.2 Å². The molecule has 0 bridgehead atoms. The van der Waals surface area contributed by atoms with Gasteiger partial charge in [0.1, 0.15) is 17.5 Å². The molecular formula is C26H28ClN5O2. The number of fused-ring (bicyclic) bond motifs is 1. The van der Waals surface area contributed by atoms with E-state index in [-0.39, 0.29) is 18.4 Å². The summed E-state index contributed by atoms with van der Waals surface area (Å²) in [6, 6.07) is 24.7. The summed E-state index contributed by atoms with van der Waals surface area (Å²) in [4.78, 5) is 2.43. The number of benzene rings is 3. The summed E-state index contributed by atoms with van der Waals surface area (Å²) in [6.07, 6.45) is 0.978. The number of ether oxygens (including phenoxy) is 2. The molecule has 0 spiro atoms. The molecule has 0 radical (unpaired) electrons. The molecular weight excluding hydrogens is 450 g/mol. The third-order valence-electron chi connectivity index (χ3n) is 6.24. The summed E-state index contributed by atoms with van der Waals surface area (Å²) in [5, 5.41) is 12.9. The third kappa shape index (κ3) is 4.76. The molecule has 7 nitrogen and oxygen atoms in total. The van der Waals surface area contributed by atoms with E-state index in [1.807, 2.05) is 35.0 Å². The first-order chi connectivity index (χ1) is 16.3. The van der Waals surface area contributed by atoms with Gasteiger partial charge in [0, 0.05) is 24.7 Å². The van der Waals surface area contributed by atoms with Gasteiger partial charge in [-0.25, -0.2) is 4.68 Å². The summed E-state index contributed by atoms with van der Waals surface area (Å²) in [5.74, 6) is 2.30. The number of tetrazole rings is 1. The zero-order chi connectivity index (χ0) is 22.6. The molecule has 1 unspecified atom stereocenters. The highest BCUT2D eigenvalue weighted by Crippen LogP contribution is 2.38. The molecule has 1 aliphatic heterocycles. The van der Waals surface area contributed by atoms with Crippen LogP contribution in [0.2, 0.25) is 0 Å². The molecule has 34 heavy (non-hydrogen) atoms. The molecule has 0 fully saturated rings. The van der Waals surface area contributed by atoms with Crippen LogP contribution in [0.5, 0.6) is 11.5 Å². The number of methoxy groups -OCH3 is 2. The lowest BCUT2D eigenvalue weighted by molar-refractivity contribution is 0.191. The molecule has 176 valence electrons. The minimum absolute atomic E-state index is 0. The number of aromatic nitrogens is 4. The van der Waals surface area contributed by atoms with Crippen LogP contribution in [-0.4, -0.2) is 45.9 Å². The lowest BCUT2D eigenvalue weighted by atomic mass is 9.95. The van der Waals surface area contributed by atoms with Crippen LogP contribution in [0.1, 0.15) is 34.1 Å². The highest BCUT2D eigenvalue weighted by Gasteiger charge is 2.32. The number of hydrogen-bond donors (Lipinski definition) is 0. The molecule has 2 heterocycles. The first-order valence-electron chi connectivity index (χ1n) is 11.1. The average Bonchev–Trinajstić information content (AvgIpc) is 3.32. The van der Waals surface area contributed by atoms with Crippen LogP contribution in [0.4, 0.5) is 0 Å². The van der Waals surface area contributed by atoms with E-state index in [0.717, 1.165) is 48.0 Å². The molecule has 0 N–H and O–H groups in total. The first-order valence-corrected chi connectivity index (χ1v) is 11.1. The van der Waals surface area contributed by atoms with Gasteiger partial charge in [0.2, 0.25) is 0 Å². The zero-order valence-electron chi connectivity index (χ0n) is 19.3. The van der Waals surface area contributed by atoms with Crippen molar-refractivity contribution < 1.29 is 9.47 Å². The molecule has 0 aliphatic carbocycles. The van der Waals surface area contributed by atoms with Crippen molar-refractivity contribution in [3.63, 3.8) is 0 Å². The lowest BCUT2D eigenvalue weighted by Gasteiger charge is -2.35. The first kappa shape index (κ1) is 23.7. The maximum atomic E-state index is 5.80. The van der Waals surface area contributed by atoms with Gasteiger partial charge in [-0.3, -0.25) is 4.90 Å². The van der Waals surface area contributed by atoms with Gasteiger partial charge < -0.3 is 9.47 Å². The summed E-state index contributed by atoms with van der Waals surface area (Å²) in [6.45, 7) is 2.31. The smallest absolute Gasteiger partial charge is 0.173 e. The number of halogens is 1. The number of nitrogens with zero attached hydrogens (tertiary/aromatic N) is 5. The third-order valence-corrected chi connectivity index (χ3v) is 6.24. The van der Waals surface area contributed by atoms with Crippen molar-refractivity contribution in [2.45, 2.75) is 25.6 Å². The molecule has 1 atom stereocenters. The van der Waals surface area contributed by atoms with Gasteiger partial charge in [-0.05, 0) is 45.7 Å². The van der Waals surface area contributed by atoms with E-state index in [2.05, 4.69) is 62.9 Å². The van der Waals surface area contributed by atoms with E-state index in [4.69, 9.17) is 9.47 Å². The quantitative estimate of drug-likeness (QED) is 0.395. The van der Waals surface area contributed by atoms with Gasteiger partial charge in [-0.2, -0.15) is 0 Å². The summed E-state index contributed by atoms with van der Waals surface area (Å²) >= 11 is 0. The molecule has 0 saturated heterocycles. The largest absolute Gasteiger partial charge is 0.497 e. The number of rotatable bonds is 7. The van der Waals surface area contributed by atoms with Gasteiger partial charge >= 0.3 is 0 Å². The van der Waals surface area contributed by atoms with Crippen LogP contribution in [0.15, 0.2) is 72.8 Å². The maximum absolute atomic E-state index is 5.80. The van der Waals surface area contributed by atoms with Crippen LogP contribution in [0, 0.1) is 0 Å². The summed E-state index contributed by atoms with van der Waals surface area (Å²) in [7, 11) is 3.35. The predicted molar refractivity (Wildman–Crippen MR) is 133 cm³/mol. The van der Waals surface area contributed by atoms with Gasteiger partial charge in [-0.1, -0.05) is 54.6 Å². The second-order valence-electron chi connectivity index (χ2n) is 8.18. The lowest BCUT2D eigenvalue weighted by Crippen LogP contribution is -2.36. The van der Waals surface area contributed by atoms with Crippen molar-refractivity contribution in [2.75, 3.05) is 20.8 Å². The Morgan fingerprint density at radius 3 is 2.44 bits per heavy atom. The van der Waals surface area contributed by atoms with Crippen LogP contribution in [0.3, 0.4) is 0 Å². The van der Waals surface area contributed by atoms with Crippen LogP contribution < -0.4 is 9.47 Å². The Hall–Kier alpha value is -3.42. The molecule has 5 rings (SSSR count). The fourth-order valence-corrected chi connectivity index (χ4v) is 4.56. The normalized spacial score (nSPS) is 14.1. The topological polar surface area (TPSA) is 65.3 Å². The van der Waals surface area contributed by atoms with Crippen molar-refractivity contribution in [1.82, 2.24) is 25.1 Å². The molecule has 0 amide bonds. The standard InChI is InChI=1S/C26H27N5O2.ClH/c1-32-22-12-13-23(24(16-22)33-2)25(30-15-14-20-10-6-7-11-21(20)18-30)26-27-28-29-31(26)17-19-8-4-3-5-9-19;/h3-13,16,25H,14-15,17-18H2,1-2H3;1H. The molecule has 1 aromatic heterocycles. The van der Waals surface area contributed by atoms with Crippen molar-refractivity contribution >= 4 is 12.4 Å². The minimum atomic E-state index is -0.169. The fraction of sp³-hybridized carbons (Fsp3) is 0.269. The second kappa shape index (κ2) is 10.7. The van der Waals surface area contributed by atoms with Crippen molar-refractivity contribution in [3.8, 4) is 11.5 Å². The minimum Gasteiger partial charge on any atom is -0.497 e. The maximum Gasteiger partial charge on any atom is 0.173 e. The van der Waals surface area contributed by atoms with E-state index in [1.165, 1.54) is 11.1 Å². The van der Waals surface area contributed by atoms with Crippen LogP contribution in [-0.2, 0) is 19.5 Å². The summed E-state index contributed by atoms with van der Waals surface area (Å²) in [5.41, 5.74) is 4.90. The Bertz CT molecular complexity index is 1230. The van der Waals surface area contributed by atoms with Crippen molar-refractivity contribution in [3.05, 3.63) is 101 Å². The Labute approximate surface area is 205 Å². The van der Waals surface area contributed by atoms with E-state index >= 15 is 0 Å². The highest BCUT2D eigenvalue weighted by atomic mass is 35.5. The van der Waals surface area contributed by atoms with Crippen molar-refractivity contribution in [1.29, 1.82) is 0 Å². The van der Waals surface area contributed by atoms with Gasteiger partial charge in [0.25, 0.3) is 0 Å². The Balaban J connectivity index is 0.00000274. The van der Waals surface area contributed by atoms with E-state index in [0.29, 0.717) is 6.54 Å². The van der Waals surface area contributed by atoms with Gasteiger partial charge in [0.15, 0.2) is 5.82 Å². The SMILES string of the molecule is COc1ccc(C(c2nnnn2Cc2ccccc2)N2CCc3ccccc3C2)c(OC)c1.Cl.